The number of amides is 1. The zero-order valence-electron chi connectivity index (χ0n) is 17.5. The van der Waals surface area contributed by atoms with Crippen LogP contribution in [0.5, 0.6) is 0 Å². The highest BCUT2D eigenvalue weighted by Crippen LogP contribution is 2.30. The fourth-order valence-electron chi connectivity index (χ4n) is 4.33. The monoisotopic (exact) mass is 456 g/mol. The molecule has 0 unspecified atom stereocenters. The van der Waals surface area contributed by atoms with Gasteiger partial charge in [0.2, 0.25) is 0 Å². The van der Waals surface area contributed by atoms with Crippen LogP contribution in [0.2, 0.25) is 5.02 Å². The molecule has 0 radical (unpaired) electrons. The van der Waals surface area contributed by atoms with Gasteiger partial charge in [0.25, 0.3) is 11.7 Å². The van der Waals surface area contributed by atoms with Crippen molar-refractivity contribution in [1.82, 2.24) is 9.47 Å². The van der Waals surface area contributed by atoms with E-state index in [9.17, 15) is 18.8 Å². The summed E-state index contributed by atoms with van der Waals surface area (Å²) in [4.78, 5) is 38.2. The average molecular weight is 457 g/mol. The summed E-state index contributed by atoms with van der Waals surface area (Å²) >= 11 is 6.40. The Balaban J connectivity index is 1.52. The minimum absolute atomic E-state index is 0.0266. The number of carbonyl (C=O) groups excluding carboxylic acids is 2. The van der Waals surface area contributed by atoms with E-state index in [2.05, 4.69) is 0 Å². The van der Waals surface area contributed by atoms with Crippen molar-refractivity contribution in [2.75, 3.05) is 13.1 Å². The average Bonchev–Trinajstić information content (AvgIpc) is 3.09. The number of fused-ring (bicyclic) bond motifs is 1. The highest BCUT2D eigenvalue weighted by Gasteiger charge is 2.27. The lowest BCUT2D eigenvalue weighted by Gasteiger charge is -2.32. The molecule has 2 heterocycles. The molecule has 1 aliphatic rings. The van der Waals surface area contributed by atoms with Crippen molar-refractivity contribution in [3.63, 3.8) is 0 Å². The van der Waals surface area contributed by atoms with E-state index in [0.29, 0.717) is 29.9 Å². The van der Waals surface area contributed by atoms with E-state index in [1.54, 1.807) is 34.7 Å². The Hall–Kier alpha value is -3.19. The highest BCUT2D eigenvalue weighted by molar-refractivity contribution is 6.42. The fourth-order valence-corrected chi connectivity index (χ4v) is 4.57. The first-order chi connectivity index (χ1) is 15.2. The van der Waals surface area contributed by atoms with Gasteiger partial charge in [0.1, 0.15) is 5.82 Å². The number of nitrogens with zero attached hydrogens (tertiary/aromatic N) is 2. The van der Waals surface area contributed by atoms with Crippen molar-refractivity contribution in [2.45, 2.75) is 19.3 Å². The lowest BCUT2D eigenvalue weighted by atomic mass is 9.90. The number of carboxylic acids is 1. The van der Waals surface area contributed by atoms with Crippen LogP contribution >= 0.6 is 11.6 Å². The first-order valence-corrected chi connectivity index (χ1v) is 10.7. The van der Waals surface area contributed by atoms with Crippen LogP contribution in [-0.4, -0.2) is 45.3 Å². The van der Waals surface area contributed by atoms with E-state index in [-0.39, 0.29) is 27.9 Å². The molecule has 1 amide bonds. The Morgan fingerprint density at radius 1 is 1.09 bits per heavy atom. The number of aromatic nitrogens is 1. The van der Waals surface area contributed by atoms with Gasteiger partial charge in [-0.15, -0.1) is 0 Å². The molecule has 3 aromatic rings. The molecular weight excluding hydrogens is 435 g/mol. The van der Waals surface area contributed by atoms with Crippen LogP contribution in [0.3, 0.4) is 0 Å². The molecule has 1 aliphatic heterocycles. The van der Waals surface area contributed by atoms with Crippen LogP contribution < -0.4 is 0 Å². The van der Waals surface area contributed by atoms with E-state index < -0.39 is 11.8 Å². The molecule has 2 aromatic carbocycles. The number of likely N-dealkylation sites (tertiary alicyclic amines) is 1. The number of aliphatic carboxylic acids is 1. The molecule has 1 saturated heterocycles. The smallest absolute Gasteiger partial charge is 0.377 e. The molecule has 0 saturated carbocycles. The van der Waals surface area contributed by atoms with Crippen molar-refractivity contribution in [1.29, 1.82) is 0 Å². The van der Waals surface area contributed by atoms with Crippen LogP contribution in [-0.2, 0) is 18.3 Å². The molecule has 6 nitrogen and oxygen atoms in total. The number of carbonyl (C=O) groups is 3. The summed E-state index contributed by atoms with van der Waals surface area (Å²) in [6.45, 7) is 1.13. The molecule has 4 rings (SSSR count). The maximum Gasteiger partial charge on any atom is 0.377 e. The molecule has 1 fully saturated rings. The zero-order chi connectivity index (χ0) is 23.0. The van der Waals surface area contributed by atoms with Gasteiger partial charge >= 0.3 is 5.97 Å². The van der Waals surface area contributed by atoms with Crippen molar-refractivity contribution >= 4 is 40.2 Å². The lowest BCUT2D eigenvalue weighted by molar-refractivity contribution is -0.131. The number of hydrogen-bond acceptors (Lipinski definition) is 3. The van der Waals surface area contributed by atoms with Gasteiger partial charge in [0.15, 0.2) is 0 Å². The molecule has 32 heavy (non-hydrogen) atoms. The summed E-state index contributed by atoms with van der Waals surface area (Å²) in [6.07, 6.45) is 3.90. The predicted molar refractivity (Wildman–Crippen MR) is 119 cm³/mol. The normalized spacial score (nSPS) is 14.7. The van der Waals surface area contributed by atoms with E-state index in [1.807, 2.05) is 0 Å². The summed E-state index contributed by atoms with van der Waals surface area (Å²) in [7, 11) is 1.69. The quantitative estimate of drug-likeness (QED) is 0.457. The van der Waals surface area contributed by atoms with Gasteiger partial charge in [-0.05, 0) is 55.0 Å². The van der Waals surface area contributed by atoms with E-state index in [1.165, 1.54) is 24.4 Å². The summed E-state index contributed by atoms with van der Waals surface area (Å²) in [5, 5.41) is 9.75. The minimum Gasteiger partial charge on any atom is -0.475 e. The van der Waals surface area contributed by atoms with E-state index >= 15 is 0 Å². The number of halogens is 2. The largest absolute Gasteiger partial charge is 0.475 e. The summed E-state index contributed by atoms with van der Waals surface area (Å²) < 4.78 is 14.7. The molecule has 1 aromatic heterocycles. The van der Waals surface area contributed by atoms with E-state index in [0.717, 1.165) is 24.8 Å². The Morgan fingerprint density at radius 3 is 2.38 bits per heavy atom. The summed E-state index contributed by atoms with van der Waals surface area (Å²) in [6, 6.07) is 9.60. The van der Waals surface area contributed by atoms with E-state index in [4.69, 9.17) is 16.7 Å². The molecule has 8 heteroatoms. The molecule has 0 aliphatic carbocycles. The maximum absolute atomic E-state index is 13.2. The summed E-state index contributed by atoms with van der Waals surface area (Å²) in [5.74, 6) is -2.68. The van der Waals surface area contributed by atoms with Crippen LogP contribution in [0.15, 0.2) is 42.6 Å². The predicted octanol–water partition coefficient (Wildman–Crippen LogP) is 4.33. The van der Waals surface area contributed by atoms with Crippen molar-refractivity contribution < 1.29 is 23.9 Å². The Kier molecular flexibility index (Phi) is 6.02. The van der Waals surface area contributed by atoms with Crippen LogP contribution in [0.1, 0.15) is 39.1 Å². The second kappa shape index (κ2) is 8.74. The topological polar surface area (TPSA) is 79.6 Å². The summed E-state index contributed by atoms with van der Waals surface area (Å²) in [5.41, 5.74) is 1.93. The fraction of sp³-hybridized carbons (Fsp3) is 0.292. The number of hydrogen-bond donors (Lipinski definition) is 1. The van der Waals surface area contributed by atoms with Gasteiger partial charge in [-0.2, -0.15) is 0 Å². The van der Waals surface area contributed by atoms with Crippen molar-refractivity contribution in [3.05, 3.63) is 70.1 Å². The van der Waals surface area contributed by atoms with Crippen molar-refractivity contribution in [2.24, 2.45) is 13.0 Å². The first-order valence-electron chi connectivity index (χ1n) is 10.3. The molecular formula is C24H22ClFN2O4. The second-order valence-corrected chi connectivity index (χ2v) is 8.61. The minimum atomic E-state index is -1.55. The maximum atomic E-state index is 13.2. The van der Waals surface area contributed by atoms with Gasteiger partial charge in [-0.3, -0.25) is 9.59 Å². The number of benzene rings is 2. The lowest BCUT2D eigenvalue weighted by Crippen LogP contribution is -2.39. The molecule has 0 atom stereocenters. The van der Waals surface area contributed by atoms with Gasteiger partial charge in [-0.25, -0.2) is 9.18 Å². The highest BCUT2D eigenvalue weighted by atomic mass is 35.5. The Morgan fingerprint density at radius 2 is 1.75 bits per heavy atom. The van der Waals surface area contributed by atoms with Gasteiger partial charge in [0, 0.05) is 31.7 Å². The number of aryl methyl sites for hydroxylation is 1. The van der Waals surface area contributed by atoms with Gasteiger partial charge < -0.3 is 14.6 Å². The standard InChI is InChI=1S/C24H22ClFN2O4/c1-27-13-19(22(29)24(31)32)17-11-18(20(25)12-21(17)27)23(30)28-8-6-15(7-9-28)10-14-2-4-16(26)5-3-14/h2-5,11-13,15H,6-10H2,1H3,(H,31,32). The zero-order valence-corrected chi connectivity index (χ0v) is 18.2. The SMILES string of the molecule is Cn1cc(C(=O)C(=O)O)c2cc(C(=O)N3CCC(Cc4ccc(F)cc4)CC3)c(Cl)cc21. The molecule has 166 valence electrons. The number of rotatable bonds is 5. The molecule has 1 N–H and O–H groups in total. The first kappa shape index (κ1) is 22.0. The third-order valence-corrected chi connectivity index (χ3v) is 6.40. The number of piperidine rings is 1. The van der Waals surface area contributed by atoms with Crippen molar-refractivity contribution in [3.8, 4) is 0 Å². The molecule has 0 spiro atoms. The number of ketones is 1. The molecule has 0 bridgehead atoms. The van der Waals surface area contributed by atoms with Gasteiger partial charge in [-0.1, -0.05) is 23.7 Å². The Labute approximate surface area is 189 Å². The third-order valence-electron chi connectivity index (χ3n) is 6.09. The second-order valence-electron chi connectivity index (χ2n) is 8.20. The van der Waals surface area contributed by atoms with Crippen LogP contribution in [0.25, 0.3) is 10.9 Å². The van der Waals surface area contributed by atoms with Crippen LogP contribution in [0, 0.1) is 11.7 Å². The third kappa shape index (κ3) is 4.25. The number of carboxylic acid groups (broad SMARTS) is 1. The van der Waals surface area contributed by atoms with Gasteiger partial charge in [0.05, 0.1) is 21.7 Å². The Bertz CT molecular complexity index is 1210. The van der Waals surface area contributed by atoms with Crippen LogP contribution in [0.4, 0.5) is 4.39 Å². The number of Topliss-reactive ketones (excluding diaryl/α,β-unsaturated/α-hetero) is 1.